The van der Waals surface area contributed by atoms with Crippen LogP contribution in [-0.2, 0) is 7.05 Å². The van der Waals surface area contributed by atoms with Gasteiger partial charge in [-0.15, -0.1) is 0 Å². The number of carbonyl (C=O) groups is 2. The van der Waals surface area contributed by atoms with Gasteiger partial charge in [0.2, 0.25) is 11.6 Å². The van der Waals surface area contributed by atoms with Crippen molar-refractivity contribution in [1.29, 1.82) is 0 Å². The Bertz CT molecular complexity index is 844. The van der Waals surface area contributed by atoms with Crippen molar-refractivity contribution in [1.82, 2.24) is 4.57 Å². The first-order valence-electron chi connectivity index (χ1n) is 6.78. The molecule has 0 aliphatic carbocycles. The van der Waals surface area contributed by atoms with Crippen molar-refractivity contribution in [3.05, 3.63) is 71.4 Å². The smallest absolute Gasteiger partial charge is 0.235 e. The summed E-state index contributed by atoms with van der Waals surface area (Å²) in [6.45, 7) is 1.95. The summed E-state index contributed by atoms with van der Waals surface area (Å²) in [5.74, 6) is -0.924. The first-order valence-corrected chi connectivity index (χ1v) is 6.78. The Morgan fingerprint density at radius 1 is 0.905 bits per heavy atom. The van der Waals surface area contributed by atoms with Gasteiger partial charge in [0.05, 0.1) is 5.56 Å². The van der Waals surface area contributed by atoms with Gasteiger partial charge in [-0.1, -0.05) is 42.5 Å². The number of fused-ring (bicyclic) bond motifs is 1. The Hall–Kier alpha value is -2.68. The van der Waals surface area contributed by atoms with E-state index in [9.17, 15) is 9.59 Å². The van der Waals surface area contributed by atoms with Crippen molar-refractivity contribution in [2.45, 2.75) is 6.92 Å². The van der Waals surface area contributed by atoms with Crippen LogP contribution in [0.3, 0.4) is 0 Å². The molecule has 0 unspecified atom stereocenters. The van der Waals surface area contributed by atoms with E-state index in [1.807, 2.05) is 42.8 Å². The van der Waals surface area contributed by atoms with Crippen LogP contribution >= 0.6 is 0 Å². The molecule has 104 valence electrons. The first-order chi connectivity index (χ1) is 10.1. The zero-order chi connectivity index (χ0) is 15.0. The molecule has 0 saturated heterocycles. The lowest BCUT2D eigenvalue weighted by Crippen LogP contribution is -2.14. The quantitative estimate of drug-likeness (QED) is 0.542. The van der Waals surface area contributed by atoms with Crippen LogP contribution in [0.5, 0.6) is 0 Å². The number of carbonyl (C=O) groups excluding carboxylic acids is 2. The summed E-state index contributed by atoms with van der Waals surface area (Å²) in [5.41, 5.74) is 2.85. The molecule has 0 saturated carbocycles. The molecule has 3 rings (SSSR count). The summed E-state index contributed by atoms with van der Waals surface area (Å²) >= 11 is 0. The van der Waals surface area contributed by atoms with Crippen LogP contribution in [0, 0.1) is 6.92 Å². The van der Waals surface area contributed by atoms with E-state index >= 15 is 0 Å². The van der Waals surface area contributed by atoms with Crippen LogP contribution < -0.4 is 0 Å². The number of hydrogen-bond acceptors (Lipinski definition) is 2. The molecular weight excluding hydrogens is 262 g/mol. The molecule has 21 heavy (non-hydrogen) atoms. The maximum atomic E-state index is 12.6. The monoisotopic (exact) mass is 277 g/mol. The van der Waals surface area contributed by atoms with Gasteiger partial charge in [0, 0.05) is 29.7 Å². The molecule has 0 radical (unpaired) electrons. The van der Waals surface area contributed by atoms with Crippen LogP contribution in [0.25, 0.3) is 10.9 Å². The third kappa shape index (κ3) is 2.17. The Labute approximate surface area is 122 Å². The largest absolute Gasteiger partial charge is 0.350 e. The second-order valence-corrected chi connectivity index (χ2v) is 5.15. The zero-order valence-electron chi connectivity index (χ0n) is 12.0. The number of rotatable bonds is 3. The van der Waals surface area contributed by atoms with Gasteiger partial charge in [-0.3, -0.25) is 9.59 Å². The second kappa shape index (κ2) is 5.02. The predicted molar refractivity (Wildman–Crippen MR) is 82.8 cm³/mol. The lowest BCUT2D eigenvalue weighted by atomic mass is 9.99. The molecule has 1 aromatic heterocycles. The average Bonchev–Trinajstić information content (AvgIpc) is 2.85. The van der Waals surface area contributed by atoms with Gasteiger partial charge < -0.3 is 4.57 Å². The van der Waals surface area contributed by atoms with Crippen molar-refractivity contribution in [3.63, 3.8) is 0 Å². The lowest BCUT2D eigenvalue weighted by Gasteiger charge is -2.01. The van der Waals surface area contributed by atoms with Crippen LogP contribution in [0.1, 0.15) is 26.3 Å². The van der Waals surface area contributed by atoms with E-state index in [0.717, 1.165) is 16.5 Å². The Balaban J connectivity index is 2.13. The van der Waals surface area contributed by atoms with Crippen molar-refractivity contribution in [2.24, 2.45) is 7.05 Å². The van der Waals surface area contributed by atoms with Crippen LogP contribution in [-0.4, -0.2) is 16.1 Å². The van der Waals surface area contributed by atoms with Gasteiger partial charge in [0.25, 0.3) is 0 Å². The SMILES string of the molecule is Cc1cccc2c1c(C(=O)C(=O)c1ccccc1)cn2C. The summed E-state index contributed by atoms with van der Waals surface area (Å²) in [7, 11) is 1.88. The highest BCUT2D eigenvalue weighted by Gasteiger charge is 2.22. The summed E-state index contributed by atoms with van der Waals surface area (Å²) in [6.07, 6.45) is 1.74. The molecule has 0 fully saturated rings. The van der Waals surface area contributed by atoms with Crippen LogP contribution in [0.4, 0.5) is 0 Å². The molecule has 0 spiro atoms. The minimum atomic E-state index is -0.466. The van der Waals surface area contributed by atoms with E-state index in [0.29, 0.717) is 11.1 Å². The zero-order valence-corrected chi connectivity index (χ0v) is 12.0. The van der Waals surface area contributed by atoms with E-state index in [4.69, 9.17) is 0 Å². The van der Waals surface area contributed by atoms with Crippen molar-refractivity contribution in [2.75, 3.05) is 0 Å². The van der Waals surface area contributed by atoms with Gasteiger partial charge in [0.1, 0.15) is 0 Å². The van der Waals surface area contributed by atoms with Gasteiger partial charge in [-0.05, 0) is 18.6 Å². The van der Waals surface area contributed by atoms with Crippen LogP contribution in [0.2, 0.25) is 0 Å². The minimum absolute atomic E-state index is 0.424. The fraction of sp³-hybridized carbons (Fsp3) is 0.111. The molecule has 0 atom stereocenters. The van der Waals surface area contributed by atoms with E-state index in [1.54, 1.807) is 30.5 Å². The highest BCUT2D eigenvalue weighted by molar-refractivity contribution is 6.51. The summed E-state index contributed by atoms with van der Waals surface area (Å²) < 4.78 is 1.88. The number of aromatic nitrogens is 1. The first kappa shape index (κ1) is 13.3. The number of nitrogens with zero attached hydrogens (tertiary/aromatic N) is 1. The van der Waals surface area contributed by atoms with Crippen molar-refractivity contribution < 1.29 is 9.59 Å². The topological polar surface area (TPSA) is 39.1 Å². The maximum Gasteiger partial charge on any atom is 0.235 e. The molecular formula is C18H15NO2. The van der Waals surface area contributed by atoms with Crippen molar-refractivity contribution >= 4 is 22.5 Å². The van der Waals surface area contributed by atoms with Crippen LogP contribution in [0.15, 0.2) is 54.7 Å². The molecule has 3 nitrogen and oxygen atoms in total. The molecule has 1 heterocycles. The highest BCUT2D eigenvalue weighted by atomic mass is 16.2. The molecule has 3 aromatic rings. The fourth-order valence-corrected chi connectivity index (χ4v) is 2.64. The number of ketones is 2. The third-order valence-corrected chi connectivity index (χ3v) is 3.71. The highest BCUT2D eigenvalue weighted by Crippen LogP contribution is 2.25. The van der Waals surface area contributed by atoms with Gasteiger partial charge >= 0.3 is 0 Å². The number of benzene rings is 2. The van der Waals surface area contributed by atoms with Crippen molar-refractivity contribution in [3.8, 4) is 0 Å². The molecule has 0 aliphatic heterocycles. The van der Waals surface area contributed by atoms with E-state index in [1.165, 1.54) is 0 Å². The second-order valence-electron chi connectivity index (χ2n) is 5.15. The van der Waals surface area contributed by atoms with Gasteiger partial charge in [0.15, 0.2) is 0 Å². The number of aryl methyl sites for hydroxylation is 2. The van der Waals surface area contributed by atoms with E-state index < -0.39 is 11.6 Å². The summed E-state index contributed by atoms with van der Waals surface area (Å²) in [4.78, 5) is 24.9. The molecule has 0 aliphatic rings. The standard InChI is InChI=1S/C18H15NO2/c1-12-7-6-10-15-16(12)14(11-19(15)2)18(21)17(20)13-8-4-3-5-9-13/h3-11H,1-2H3. The van der Waals surface area contributed by atoms with Gasteiger partial charge in [-0.25, -0.2) is 0 Å². The minimum Gasteiger partial charge on any atom is -0.350 e. The Kier molecular flexibility index (Phi) is 3.18. The average molecular weight is 277 g/mol. The maximum absolute atomic E-state index is 12.6. The lowest BCUT2D eigenvalue weighted by molar-refractivity contribution is 0.0818. The number of hydrogen-bond donors (Lipinski definition) is 0. The molecule has 3 heteroatoms. The molecule has 0 bridgehead atoms. The normalized spacial score (nSPS) is 10.8. The summed E-state index contributed by atoms with van der Waals surface area (Å²) in [5, 5.41) is 0.856. The van der Waals surface area contributed by atoms with E-state index in [-0.39, 0.29) is 0 Å². The summed E-state index contributed by atoms with van der Waals surface area (Å²) in [6, 6.07) is 14.5. The van der Waals surface area contributed by atoms with Gasteiger partial charge in [-0.2, -0.15) is 0 Å². The molecule has 0 amide bonds. The Morgan fingerprint density at radius 3 is 2.33 bits per heavy atom. The number of Topliss-reactive ketones (excluding diaryl/α,β-unsaturated/α-hetero) is 2. The molecule has 0 N–H and O–H groups in total. The Morgan fingerprint density at radius 2 is 1.62 bits per heavy atom. The molecule has 2 aromatic carbocycles. The van der Waals surface area contributed by atoms with E-state index in [2.05, 4.69) is 0 Å². The predicted octanol–water partition coefficient (Wildman–Crippen LogP) is 3.55. The fourth-order valence-electron chi connectivity index (χ4n) is 2.64. The third-order valence-electron chi connectivity index (χ3n) is 3.71.